The minimum Gasteiger partial charge on any atom is -0.495 e. The number of pyridine rings is 1. The van der Waals surface area contributed by atoms with E-state index < -0.39 is 22.6 Å². The van der Waals surface area contributed by atoms with Gasteiger partial charge in [0.2, 0.25) is 0 Å². The zero-order valence-corrected chi connectivity index (χ0v) is 11.3. The van der Waals surface area contributed by atoms with E-state index in [1.165, 1.54) is 14.0 Å². The van der Waals surface area contributed by atoms with Crippen LogP contribution in [0.5, 0.6) is 5.75 Å². The Balaban J connectivity index is 3.30. The second-order valence-corrected chi connectivity index (χ2v) is 3.83. The van der Waals surface area contributed by atoms with E-state index in [4.69, 9.17) is 9.47 Å². The molecule has 0 saturated carbocycles. The smallest absolute Gasteiger partial charge is 0.322 e. The Bertz CT molecular complexity index is 543. The quantitative estimate of drug-likeness (QED) is 0.334. The van der Waals surface area contributed by atoms with Crippen LogP contribution >= 0.6 is 0 Å². The van der Waals surface area contributed by atoms with E-state index in [-0.39, 0.29) is 23.7 Å². The molecule has 1 atom stereocenters. The number of aromatic nitrogens is 1. The molecule has 0 aliphatic heterocycles. The zero-order chi connectivity index (χ0) is 15.3. The van der Waals surface area contributed by atoms with E-state index in [1.54, 1.807) is 6.92 Å². The van der Waals surface area contributed by atoms with Gasteiger partial charge in [0.25, 0.3) is 5.69 Å². The molecule has 8 heteroatoms. The summed E-state index contributed by atoms with van der Waals surface area (Å²) >= 11 is 0. The molecule has 1 rings (SSSR count). The van der Waals surface area contributed by atoms with Crippen LogP contribution in [-0.4, -0.2) is 35.4 Å². The molecule has 0 saturated heterocycles. The summed E-state index contributed by atoms with van der Waals surface area (Å²) in [5.41, 5.74) is -0.291. The van der Waals surface area contributed by atoms with Gasteiger partial charge in [-0.2, -0.15) is 0 Å². The van der Waals surface area contributed by atoms with Crippen molar-refractivity contribution in [3.05, 3.63) is 28.1 Å². The highest BCUT2D eigenvalue weighted by molar-refractivity contribution is 6.03. The Kier molecular flexibility index (Phi) is 5.13. The third-order valence-corrected chi connectivity index (χ3v) is 2.50. The van der Waals surface area contributed by atoms with E-state index in [9.17, 15) is 19.7 Å². The van der Waals surface area contributed by atoms with Crippen LogP contribution in [0.2, 0.25) is 0 Å². The van der Waals surface area contributed by atoms with Gasteiger partial charge >= 0.3 is 5.97 Å². The van der Waals surface area contributed by atoms with Crippen molar-refractivity contribution >= 4 is 17.4 Å². The maximum absolute atomic E-state index is 11.8. The fraction of sp³-hybridized carbons (Fsp3) is 0.417. The molecular formula is C12H14N2O6. The molecular weight excluding hydrogens is 268 g/mol. The van der Waals surface area contributed by atoms with E-state index in [0.717, 1.165) is 12.3 Å². The first-order valence-electron chi connectivity index (χ1n) is 5.77. The van der Waals surface area contributed by atoms with Crippen molar-refractivity contribution in [3.8, 4) is 5.75 Å². The summed E-state index contributed by atoms with van der Waals surface area (Å²) in [6, 6.07) is 1.11. The summed E-state index contributed by atoms with van der Waals surface area (Å²) in [7, 11) is 1.27. The fourth-order valence-corrected chi connectivity index (χ4v) is 1.62. The topological polar surface area (TPSA) is 109 Å². The number of ether oxygens (including phenoxy) is 2. The van der Waals surface area contributed by atoms with Crippen molar-refractivity contribution in [1.29, 1.82) is 0 Å². The van der Waals surface area contributed by atoms with E-state index in [2.05, 4.69) is 4.98 Å². The number of rotatable bonds is 6. The van der Waals surface area contributed by atoms with Gasteiger partial charge in [0.05, 0.1) is 24.7 Å². The fourth-order valence-electron chi connectivity index (χ4n) is 1.62. The van der Waals surface area contributed by atoms with Crippen LogP contribution in [0.15, 0.2) is 12.3 Å². The van der Waals surface area contributed by atoms with E-state index in [0.29, 0.717) is 0 Å². The predicted octanol–water partition coefficient (Wildman–Crippen LogP) is 1.23. The first-order valence-corrected chi connectivity index (χ1v) is 5.77. The lowest BCUT2D eigenvalue weighted by atomic mass is 9.99. The summed E-state index contributed by atoms with van der Waals surface area (Å²) < 4.78 is 9.78. The largest absolute Gasteiger partial charge is 0.495 e. The molecule has 8 nitrogen and oxygen atoms in total. The number of ketones is 1. The van der Waals surface area contributed by atoms with Gasteiger partial charge in [-0.1, -0.05) is 0 Å². The first-order chi connectivity index (χ1) is 9.42. The zero-order valence-electron chi connectivity index (χ0n) is 11.3. The minimum absolute atomic E-state index is 0.00375. The lowest BCUT2D eigenvalue weighted by molar-refractivity contribution is -0.385. The molecule has 0 spiro atoms. The monoisotopic (exact) mass is 282 g/mol. The summed E-state index contributed by atoms with van der Waals surface area (Å²) in [5.74, 6) is -2.51. The van der Waals surface area contributed by atoms with Crippen molar-refractivity contribution in [1.82, 2.24) is 4.98 Å². The van der Waals surface area contributed by atoms with Crippen LogP contribution in [-0.2, 0) is 14.3 Å². The van der Waals surface area contributed by atoms with Gasteiger partial charge in [-0.3, -0.25) is 19.7 Å². The average Bonchev–Trinajstić information content (AvgIpc) is 2.38. The number of Topliss-reactive ketones (excluding diaryl/α,β-unsaturated/α-hetero) is 1. The van der Waals surface area contributed by atoms with Crippen LogP contribution in [0, 0.1) is 10.1 Å². The minimum atomic E-state index is -1.26. The number of esters is 1. The summed E-state index contributed by atoms with van der Waals surface area (Å²) in [6.07, 6.45) is 0.965. The lowest BCUT2D eigenvalue weighted by Crippen LogP contribution is -2.24. The number of carbonyl (C=O) groups is 2. The Hall–Kier alpha value is -2.51. The molecule has 0 aliphatic carbocycles. The predicted molar refractivity (Wildman–Crippen MR) is 67.5 cm³/mol. The highest BCUT2D eigenvalue weighted by atomic mass is 16.6. The van der Waals surface area contributed by atoms with Gasteiger partial charge < -0.3 is 9.47 Å². The van der Waals surface area contributed by atoms with Gasteiger partial charge in [-0.25, -0.2) is 4.98 Å². The Morgan fingerprint density at radius 1 is 1.50 bits per heavy atom. The van der Waals surface area contributed by atoms with Crippen LogP contribution in [0.1, 0.15) is 25.5 Å². The van der Waals surface area contributed by atoms with Gasteiger partial charge in [-0.15, -0.1) is 0 Å². The van der Waals surface area contributed by atoms with Crippen molar-refractivity contribution in [3.63, 3.8) is 0 Å². The van der Waals surface area contributed by atoms with Gasteiger partial charge in [0.15, 0.2) is 5.92 Å². The summed E-state index contributed by atoms with van der Waals surface area (Å²) in [4.78, 5) is 37.2. The molecule has 0 N–H and O–H groups in total. The number of nitrogens with zero attached hydrogens (tertiary/aromatic N) is 2. The maximum Gasteiger partial charge on any atom is 0.322 e. The SMILES string of the molecule is CCOC(=O)C(C(C)=O)c1ncc([N+](=O)[O-])cc1OC. The molecule has 0 aliphatic rings. The summed E-state index contributed by atoms with van der Waals surface area (Å²) in [6.45, 7) is 2.93. The Morgan fingerprint density at radius 3 is 2.60 bits per heavy atom. The normalized spacial score (nSPS) is 11.6. The van der Waals surface area contributed by atoms with Gasteiger partial charge in [0.1, 0.15) is 23.4 Å². The third-order valence-electron chi connectivity index (χ3n) is 2.50. The number of carbonyl (C=O) groups excluding carboxylic acids is 2. The average molecular weight is 282 g/mol. The molecule has 1 aromatic heterocycles. The van der Waals surface area contributed by atoms with Crippen molar-refractivity contribution in [2.24, 2.45) is 0 Å². The van der Waals surface area contributed by atoms with E-state index >= 15 is 0 Å². The maximum atomic E-state index is 11.8. The molecule has 0 aromatic carbocycles. The van der Waals surface area contributed by atoms with Crippen LogP contribution in [0.3, 0.4) is 0 Å². The van der Waals surface area contributed by atoms with Crippen LogP contribution in [0.25, 0.3) is 0 Å². The summed E-state index contributed by atoms with van der Waals surface area (Å²) in [5, 5.41) is 10.7. The van der Waals surface area contributed by atoms with Crippen molar-refractivity contribution in [2.45, 2.75) is 19.8 Å². The van der Waals surface area contributed by atoms with Crippen LogP contribution in [0.4, 0.5) is 5.69 Å². The molecule has 1 heterocycles. The van der Waals surface area contributed by atoms with Crippen LogP contribution < -0.4 is 4.74 Å². The highest BCUT2D eigenvalue weighted by Gasteiger charge is 2.32. The third kappa shape index (κ3) is 3.28. The number of nitro groups is 1. The van der Waals surface area contributed by atoms with Crippen molar-refractivity contribution in [2.75, 3.05) is 13.7 Å². The molecule has 1 aromatic rings. The molecule has 0 amide bonds. The highest BCUT2D eigenvalue weighted by Crippen LogP contribution is 2.29. The first kappa shape index (κ1) is 15.5. The second kappa shape index (κ2) is 6.60. The van der Waals surface area contributed by atoms with Gasteiger partial charge in [-0.05, 0) is 13.8 Å². The Labute approximate surface area is 114 Å². The number of methoxy groups -OCH3 is 1. The molecule has 1 unspecified atom stereocenters. The molecule has 0 radical (unpaired) electrons. The van der Waals surface area contributed by atoms with Gasteiger partial charge in [0, 0.05) is 0 Å². The number of hydrogen-bond donors (Lipinski definition) is 0. The number of hydrogen-bond acceptors (Lipinski definition) is 7. The lowest BCUT2D eigenvalue weighted by Gasteiger charge is -2.14. The van der Waals surface area contributed by atoms with E-state index in [1.807, 2.05) is 0 Å². The Morgan fingerprint density at radius 2 is 2.15 bits per heavy atom. The molecule has 108 valence electrons. The molecule has 0 bridgehead atoms. The molecule has 20 heavy (non-hydrogen) atoms. The van der Waals surface area contributed by atoms with Crippen molar-refractivity contribution < 1.29 is 24.0 Å². The second-order valence-electron chi connectivity index (χ2n) is 3.83. The molecule has 0 fully saturated rings. The standard InChI is InChI=1S/C12H14N2O6/c1-4-20-12(16)10(7(2)15)11-9(19-3)5-8(6-13-11)14(17)18/h5-6,10H,4H2,1-3H3.